The number of hydrogen-bond donors (Lipinski definition) is 2. The molecule has 3 N–H and O–H groups in total. The van der Waals surface area contributed by atoms with Crippen molar-refractivity contribution >= 4 is 17.2 Å². The molecule has 0 saturated carbocycles. The van der Waals surface area contributed by atoms with Crippen molar-refractivity contribution in [1.82, 2.24) is 10.3 Å². The van der Waals surface area contributed by atoms with E-state index in [0.717, 1.165) is 11.4 Å². The standard InChI is InChI=1S/C16H21N3OS/c1-12(16-18-9-10-21-16)11-19-15(20)14(17)8-7-13-5-3-2-4-6-13/h2-6,9-10,12,14H,7-8,11,17H2,1H3,(H,19,20)/t12?,14-/m0/s1. The highest BCUT2D eigenvalue weighted by Gasteiger charge is 2.15. The molecule has 1 aromatic carbocycles. The first-order valence-corrected chi connectivity index (χ1v) is 8.01. The van der Waals surface area contributed by atoms with Crippen LogP contribution >= 0.6 is 11.3 Å². The molecule has 0 bridgehead atoms. The van der Waals surface area contributed by atoms with Gasteiger partial charge in [-0.1, -0.05) is 37.3 Å². The molecule has 1 aromatic heterocycles. The van der Waals surface area contributed by atoms with Gasteiger partial charge in [-0.15, -0.1) is 11.3 Å². The van der Waals surface area contributed by atoms with Crippen molar-refractivity contribution in [3.8, 4) is 0 Å². The van der Waals surface area contributed by atoms with Crippen LogP contribution in [0, 0.1) is 0 Å². The van der Waals surface area contributed by atoms with Crippen LogP contribution in [0.3, 0.4) is 0 Å². The van der Waals surface area contributed by atoms with E-state index in [0.29, 0.717) is 13.0 Å². The largest absolute Gasteiger partial charge is 0.354 e. The molecule has 1 unspecified atom stereocenters. The Morgan fingerprint density at radius 3 is 2.81 bits per heavy atom. The van der Waals surface area contributed by atoms with Crippen LogP contribution in [-0.4, -0.2) is 23.5 Å². The molecule has 21 heavy (non-hydrogen) atoms. The van der Waals surface area contributed by atoms with E-state index in [1.165, 1.54) is 5.56 Å². The summed E-state index contributed by atoms with van der Waals surface area (Å²) in [6.45, 7) is 2.62. The molecule has 0 fully saturated rings. The van der Waals surface area contributed by atoms with Crippen molar-refractivity contribution in [2.45, 2.75) is 31.7 Å². The van der Waals surface area contributed by atoms with Crippen LogP contribution in [-0.2, 0) is 11.2 Å². The molecule has 0 aliphatic rings. The monoisotopic (exact) mass is 303 g/mol. The Labute approximate surface area is 129 Å². The summed E-state index contributed by atoms with van der Waals surface area (Å²) in [5, 5.41) is 5.89. The van der Waals surface area contributed by atoms with Gasteiger partial charge in [0.05, 0.1) is 11.0 Å². The van der Waals surface area contributed by atoms with Crippen LogP contribution in [0.5, 0.6) is 0 Å². The van der Waals surface area contributed by atoms with Crippen molar-refractivity contribution in [2.24, 2.45) is 5.73 Å². The smallest absolute Gasteiger partial charge is 0.236 e. The average Bonchev–Trinajstić information content (AvgIpc) is 3.05. The molecule has 1 amide bonds. The number of aryl methyl sites for hydroxylation is 1. The third kappa shape index (κ3) is 4.95. The minimum Gasteiger partial charge on any atom is -0.354 e. The Kier molecular flexibility index (Phi) is 5.90. The van der Waals surface area contributed by atoms with E-state index in [1.54, 1.807) is 17.5 Å². The molecule has 0 radical (unpaired) electrons. The Hall–Kier alpha value is -1.72. The molecular formula is C16H21N3OS. The molecule has 0 aliphatic carbocycles. The fourth-order valence-electron chi connectivity index (χ4n) is 2.05. The average molecular weight is 303 g/mol. The topological polar surface area (TPSA) is 68.0 Å². The molecule has 5 heteroatoms. The summed E-state index contributed by atoms with van der Waals surface area (Å²) in [4.78, 5) is 16.2. The van der Waals surface area contributed by atoms with Gasteiger partial charge in [0.2, 0.25) is 5.91 Å². The SMILES string of the molecule is CC(CNC(=O)[C@@H](N)CCc1ccccc1)c1nccs1. The van der Waals surface area contributed by atoms with Gasteiger partial charge in [-0.2, -0.15) is 0 Å². The lowest BCUT2D eigenvalue weighted by atomic mass is 10.1. The van der Waals surface area contributed by atoms with Crippen molar-refractivity contribution in [3.63, 3.8) is 0 Å². The lowest BCUT2D eigenvalue weighted by molar-refractivity contribution is -0.122. The fourth-order valence-corrected chi connectivity index (χ4v) is 2.75. The number of carbonyl (C=O) groups excluding carboxylic acids is 1. The summed E-state index contributed by atoms with van der Waals surface area (Å²) in [6.07, 6.45) is 3.25. The number of nitrogens with zero attached hydrogens (tertiary/aromatic N) is 1. The second kappa shape index (κ2) is 7.90. The second-order valence-corrected chi connectivity index (χ2v) is 6.07. The van der Waals surface area contributed by atoms with Gasteiger partial charge in [-0.3, -0.25) is 4.79 Å². The van der Waals surface area contributed by atoms with Crippen LogP contribution in [0.25, 0.3) is 0 Å². The lowest BCUT2D eigenvalue weighted by Gasteiger charge is -2.14. The van der Waals surface area contributed by atoms with E-state index in [1.807, 2.05) is 23.6 Å². The van der Waals surface area contributed by atoms with Gasteiger partial charge in [0.15, 0.2) is 0 Å². The number of rotatable bonds is 7. The zero-order valence-electron chi connectivity index (χ0n) is 12.2. The number of hydrogen-bond acceptors (Lipinski definition) is 4. The Bertz CT molecular complexity index is 542. The van der Waals surface area contributed by atoms with Crippen molar-refractivity contribution < 1.29 is 4.79 Å². The van der Waals surface area contributed by atoms with Gasteiger partial charge in [0, 0.05) is 24.0 Å². The van der Waals surface area contributed by atoms with Gasteiger partial charge in [-0.05, 0) is 18.4 Å². The van der Waals surface area contributed by atoms with E-state index < -0.39 is 6.04 Å². The summed E-state index contributed by atoms with van der Waals surface area (Å²) in [5.41, 5.74) is 7.15. The first-order valence-electron chi connectivity index (χ1n) is 7.13. The predicted octanol–water partition coefficient (Wildman–Crippen LogP) is 2.32. The summed E-state index contributed by atoms with van der Waals surface area (Å²) >= 11 is 1.60. The molecule has 2 rings (SSSR count). The summed E-state index contributed by atoms with van der Waals surface area (Å²) in [7, 11) is 0. The number of carbonyl (C=O) groups is 1. The van der Waals surface area contributed by atoms with Crippen LogP contribution in [0.1, 0.15) is 29.8 Å². The van der Waals surface area contributed by atoms with Gasteiger partial charge in [0.1, 0.15) is 0 Å². The van der Waals surface area contributed by atoms with E-state index in [2.05, 4.69) is 29.4 Å². The summed E-state index contributed by atoms with van der Waals surface area (Å²) < 4.78 is 0. The van der Waals surface area contributed by atoms with Crippen molar-refractivity contribution in [3.05, 3.63) is 52.5 Å². The van der Waals surface area contributed by atoms with Gasteiger partial charge in [0.25, 0.3) is 0 Å². The highest BCUT2D eigenvalue weighted by atomic mass is 32.1. The van der Waals surface area contributed by atoms with Crippen molar-refractivity contribution in [2.75, 3.05) is 6.54 Å². The number of amides is 1. The van der Waals surface area contributed by atoms with Crippen LogP contribution in [0.4, 0.5) is 0 Å². The maximum absolute atomic E-state index is 12.0. The molecule has 0 saturated heterocycles. The number of thiazole rings is 1. The molecule has 2 aromatic rings. The molecule has 1 heterocycles. The zero-order chi connectivity index (χ0) is 15.1. The first-order chi connectivity index (χ1) is 10.2. The van der Waals surface area contributed by atoms with Gasteiger partial charge in [-0.25, -0.2) is 4.98 Å². The lowest BCUT2D eigenvalue weighted by Crippen LogP contribution is -2.42. The highest BCUT2D eigenvalue weighted by molar-refractivity contribution is 7.09. The normalized spacial score (nSPS) is 13.6. The quantitative estimate of drug-likeness (QED) is 0.825. The third-order valence-corrected chi connectivity index (χ3v) is 4.39. The van der Waals surface area contributed by atoms with Crippen LogP contribution in [0.15, 0.2) is 41.9 Å². The number of nitrogens with two attached hydrogens (primary N) is 1. The van der Waals surface area contributed by atoms with E-state index in [4.69, 9.17) is 5.73 Å². The van der Waals surface area contributed by atoms with Crippen LogP contribution in [0.2, 0.25) is 0 Å². The Morgan fingerprint density at radius 2 is 2.14 bits per heavy atom. The highest BCUT2D eigenvalue weighted by Crippen LogP contribution is 2.16. The van der Waals surface area contributed by atoms with Gasteiger partial charge >= 0.3 is 0 Å². The fraction of sp³-hybridized carbons (Fsp3) is 0.375. The summed E-state index contributed by atoms with van der Waals surface area (Å²) in [6, 6.07) is 9.61. The second-order valence-electron chi connectivity index (χ2n) is 5.15. The molecule has 112 valence electrons. The van der Waals surface area contributed by atoms with Gasteiger partial charge < -0.3 is 11.1 Å². The Balaban J connectivity index is 1.72. The van der Waals surface area contributed by atoms with E-state index >= 15 is 0 Å². The molecule has 4 nitrogen and oxygen atoms in total. The van der Waals surface area contributed by atoms with E-state index in [-0.39, 0.29) is 11.8 Å². The molecule has 0 spiro atoms. The number of aromatic nitrogens is 1. The maximum Gasteiger partial charge on any atom is 0.236 e. The minimum absolute atomic E-state index is 0.0886. The molecule has 0 aliphatic heterocycles. The first kappa shape index (κ1) is 15.7. The third-order valence-electron chi connectivity index (χ3n) is 3.38. The maximum atomic E-state index is 12.0. The van der Waals surface area contributed by atoms with E-state index in [9.17, 15) is 4.79 Å². The van der Waals surface area contributed by atoms with Crippen molar-refractivity contribution in [1.29, 1.82) is 0 Å². The number of nitrogens with one attached hydrogen (secondary N) is 1. The number of benzene rings is 1. The Morgan fingerprint density at radius 1 is 1.38 bits per heavy atom. The molecule has 2 atom stereocenters. The minimum atomic E-state index is -0.464. The summed E-state index contributed by atoms with van der Waals surface area (Å²) in [5.74, 6) is 0.129. The predicted molar refractivity (Wildman–Crippen MR) is 86.3 cm³/mol. The zero-order valence-corrected chi connectivity index (χ0v) is 13.0. The van der Waals surface area contributed by atoms with Crippen LogP contribution < -0.4 is 11.1 Å². The molecular weight excluding hydrogens is 282 g/mol.